The molecule has 1 N–H and O–H groups in total. The average molecular weight is 271 g/mol. The molecule has 0 radical (unpaired) electrons. The van der Waals surface area contributed by atoms with Crippen molar-refractivity contribution in [1.82, 2.24) is 20.2 Å². The molecule has 0 atom stereocenters. The van der Waals surface area contributed by atoms with Crippen LogP contribution in [-0.2, 0) is 0 Å². The monoisotopic (exact) mass is 270 g/mol. The van der Waals surface area contributed by atoms with Gasteiger partial charge in [-0.3, -0.25) is 10.1 Å². The van der Waals surface area contributed by atoms with Crippen LogP contribution in [-0.4, -0.2) is 20.2 Å². The summed E-state index contributed by atoms with van der Waals surface area (Å²) in [5.41, 5.74) is 0. The molecule has 72 valence electrons. The molecule has 2 heterocycles. The Balaban J connectivity index is 2.23. The molecule has 0 fully saturated rings. The van der Waals surface area contributed by atoms with E-state index in [1.54, 1.807) is 12.4 Å². The summed E-state index contributed by atoms with van der Waals surface area (Å²) in [6.45, 7) is 1.87. The largest absolute Gasteiger partial charge is 0.263 e. The molecule has 2 aromatic rings. The third-order valence-corrected chi connectivity index (χ3v) is 3.35. The number of aryl methyl sites for hydroxylation is 1. The van der Waals surface area contributed by atoms with Crippen LogP contribution in [0.15, 0.2) is 33.0 Å². The number of halogens is 1. The lowest BCUT2D eigenvalue weighted by Crippen LogP contribution is -1.79. The molecule has 0 aliphatic carbocycles. The van der Waals surface area contributed by atoms with E-state index in [2.05, 4.69) is 36.1 Å². The van der Waals surface area contributed by atoms with Gasteiger partial charge in [0, 0.05) is 21.8 Å². The van der Waals surface area contributed by atoms with E-state index in [0.717, 1.165) is 20.3 Å². The Labute approximate surface area is 93.7 Å². The van der Waals surface area contributed by atoms with Gasteiger partial charge in [-0.2, -0.15) is 0 Å². The van der Waals surface area contributed by atoms with Gasteiger partial charge in [-0.15, -0.1) is 5.10 Å². The summed E-state index contributed by atoms with van der Waals surface area (Å²) >= 11 is 4.91. The molecular weight excluding hydrogens is 264 g/mol. The molecule has 0 bridgehead atoms. The summed E-state index contributed by atoms with van der Waals surface area (Å²) in [6, 6.07) is 1.92. The normalized spacial score (nSPS) is 10.4. The van der Waals surface area contributed by atoms with Crippen LogP contribution >= 0.6 is 27.7 Å². The van der Waals surface area contributed by atoms with Crippen LogP contribution in [0.2, 0.25) is 0 Å². The van der Waals surface area contributed by atoms with E-state index < -0.39 is 0 Å². The quantitative estimate of drug-likeness (QED) is 0.911. The van der Waals surface area contributed by atoms with Gasteiger partial charge in [-0.1, -0.05) is 0 Å². The van der Waals surface area contributed by atoms with Gasteiger partial charge < -0.3 is 0 Å². The molecule has 0 spiro atoms. The molecule has 0 aliphatic heterocycles. The Bertz CT molecular complexity index is 442. The molecule has 6 heteroatoms. The molecule has 0 saturated heterocycles. The Morgan fingerprint density at radius 1 is 1.50 bits per heavy atom. The highest BCUT2D eigenvalue weighted by atomic mass is 79.9. The molecular formula is C8H7BrN4S. The molecule has 2 aromatic heterocycles. The number of aromatic nitrogens is 4. The third-order valence-electron chi connectivity index (χ3n) is 1.51. The van der Waals surface area contributed by atoms with E-state index in [1.165, 1.54) is 11.8 Å². The third kappa shape index (κ3) is 2.13. The second kappa shape index (κ2) is 4.10. The van der Waals surface area contributed by atoms with E-state index in [0.29, 0.717) is 0 Å². The van der Waals surface area contributed by atoms with Crippen molar-refractivity contribution in [3.8, 4) is 0 Å². The lowest BCUT2D eigenvalue weighted by molar-refractivity contribution is 0.968. The standard InChI is InChI=1S/C8H7BrN4S/c1-5-11-8(13-12-5)14-7-2-3-10-4-6(7)9/h2-4H,1H3,(H,11,12,13). The van der Waals surface area contributed by atoms with Crippen molar-refractivity contribution in [2.75, 3.05) is 0 Å². The fourth-order valence-electron chi connectivity index (χ4n) is 0.911. The number of aromatic amines is 1. The summed E-state index contributed by atoms with van der Waals surface area (Å²) < 4.78 is 0.951. The van der Waals surface area contributed by atoms with Crippen LogP contribution < -0.4 is 0 Å². The molecule has 2 rings (SSSR count). The zero-order chi connectivity index (χ0) is 9.97. The number of H-pyrrole nitrogens is 1. The van der Waals surface area contributed by atoms with Crippen LogP contribution in [0.1, 0.15) is 5.82 Å². The highest BCUT2D eigenvalue weighted by Gasteiger charge is 2.05. The van der Waals surface area contributed by atoms with Gasteiger partial charge in [0.15, 0.2) is 0 Å². The van der Waals surface area contributed by atoms with Crippen molar-refractivity contribution in [3.63, 3.8) is 0 Å². The van der Waals surface area contributed by atoms with Crippen molar-refractivity contribution in [2.45, 2.75) is 17.0 Å². The average Bonchev–Trinajstić information content (AvgIpc) is 2.56. The first-order valence-corrected chi connectivity index (χ1v) is 5.53. The number of hydrogen-bond donors (Lipinski definition) is 1. The van der Waals surface area contributed by atoms with Crippen LogP contribution in [0.5, 0.6) is 0 Å². The van der Waals surface area contributed by atoms with Crippen LogP contribution in [0.25, 0.3) is 0 Å². The van der Waals surface area contributed by atoms with Gasteiger partial charge in [-0.25, -0.2) is 4.98 Å². The van der Waals surface area contributed by atoms with Gasteiger partial charge in [0.05, 0.1) is 0 Å². The van der Waals surface area contributed by atoms with Crippen molar-refractivity contribution in [2.24, 2.45) is 0 Å². The summed E-state index contributed by atoms with van der Waals surface area (Å²) in [7, 11) is 0. The molecule has 0 unspecified atom stereocenters. The first-order valence-electron chi connectivity index (χ1n) is 3.92. The minimum absolute atomic E-state index is 0.717. The number of pyridine rings is 1. The first kappa shape index (κ1) is 9.67. The van der Waals surface area contributed by atoms with Crippen LogP contribution in [0.4, 0.5) is 0 Å². The minimum Gasteiger partial charge on any atom is -0.263 e. The summed E-state index contributed by atoms with van der Waals surface area (Å²) in [6.07, 6.45) is 3.49. The lowest BCUT2D eigenvalue weighted by atomic mass is 10.5. The summed E-state index contributed by atoms with van der Waals surface area (Å²) in [4.78, 5) is 9.24. The van der Waals surface area contributed by atoms with Gasteiger partial charge in [-0.05, 0) is 40.7 Å². The van der Waals surface area contributed by atoms with E-state index in [4.69, 9.17) is 0 Å². The van der Waals surface area contributed by atoms with E-state index in [9.17, 15) is 0 Å². The van der Waals surface area contributed by atoms with Gasteiger partial charge >= 0.3 is 0 Å². The topological polar surface area (TPSA) is 54.5 Å². The second-order valence-electron chi connectivity index (χ2n) is 2.61. The highest BCUT2D eigenvalue weighted by molar-refractivity contribution is 9.10. The Kier molecular flexibility index (Phi) is 2.83. The smallest absolute Gasteiger partial charge is 0.213 e. The lowest BCUT2D eigenvalue weighted by Gasteiger charge is -1.98. The zero-order valence-corrected chi connectivity index (χ0v) is 9.76. The Morgan fingerprint density at radius 2 is 2.36 bits per heavy atom. The predicted octanol–water partition coefficient (Wildman–Crippen LogP) is 2.42. The van der Waals surface area contributed by atoms with Gasteiger partial charge in [0.2, 0.25) is 5.16 Å². The first-order chi connectivity index (χ1) is 6.75. The summed E-state index contributed by atoms with van der Waals surface area (Å²) in [5, 5.41) is 7.55. The maximum absolute atomic E-state index is 4.20. The van der Waals surface area contributed by atoms with Gasteiger partial charge in [0.25, 0.3) is 0 Å². The van der Waals surface area contributed by atoms with E-state index in [1.807, 2.05) is 13.0 Å². The van der Waals surface area contributed by atoms with Gasteiger partial charge in [0.1, 0.15) is 5.82 Å². The SMILES string of the molecule is Cc1nc(Sc2ccncc2Br)n[nH]1. The van der Waals surface area contributed by atoms with Crippen molar-refractivity contribution in [1.29, 1.82) is 0 Å². The number of rotatable bonds is 2. The zero-order valence-electron chi connectivity index (χ0n) is 7.36. The molecule has 0 aromatic carbocycles. The van der Waals surface area contributed by atoms with E-state index >= 15 is 0 Å². The molecule has 0 aliphatic rings. The van der Waals surface area contributed by atoms with Crippen molar-refractivity contribution in [3.05, 3.63) is 28.8 Å². The molecule has 0 amide bonds. The fraction of sp³-hybridized carbons (Fsp3) is 0.125. The molecule has 14 heavy (non-hydrogen) atoms. The predicted molar refractivity (Wildman–Crippen MR) is 57.2 cm³/mol. The van der Waals surface area contributed by atoms with Crippen LogP contribution in [0.3, 0.4) is 0 Å². The van der Waals surface area contributed by atoms with Crippen LogP contribution in [0, 0.1) is 6.92 Å². The molecule has 0 saturated carbocycles. The Morgan fingerprint density at radius 3 is 3.00 bits per heavy atom. The number of hydrogen-bond acceptors (Lipinski definition) is 4. The fourth-order valence-corrected chi connectivity index (χ4v) is 2.15. The number of nitrogens with zero attached hydrogens (tertiary/aromatic N) is 3. The number of nitrogens with one attached hydrogen (secondary N) is 1. The maximum Gasteiger partial charge on any atom is 0.213 e. The van der Waals surface area contributed by atoms with Crippen molar-refractivity contribution >= 4 is 27.7 Å². The van der Waals surface area contributed by atoms with E-state index in [-0.39, 0.29) is 0 Å². The second-order valence-corrected chi connectivity index (χ2v) is 4.47. The molecule has 4 nitrogen and oxygen atoms in total. The highest BCUT2D eigenvalue weighted by Crippen LogP contribution is 2.30. The maximum atomic E-state index is 4.20. The van der Waals surface area contributed by atoms with Crippen molar-refractivity contribution < 1.29 is 0 Å². The Hall–Kier alpha value is -0.880. The summed E-state index contributed by atoms with van der Waals surface area (Å²) in [5.74, 6) is 0.817. The minimum atomic E-state index is 0.717.